The fourth-order valence-electron chi connectivity index (χ4n) is 1.05. The van der Waals surface area contributed by atoms with Crippen LogP contribution in [0.3, 0.4) is 0 Å². The molecule has 8 heteroatoms. The summed E-state index contributed by atoms with van der Waals surface area (Å²) in [7, 11) is 0. The average Bonchev–Trinajstić information content (AvgIpc) is 2.40. The highest BCUT2D eigenvalue weighted by Gasteiger charge is 2.24. The third-order valence-corrected chi connectivity index (χ3v) is 2.95. The van der Waals surface area contributed by atoms with Crippen LogP contribution < -0.4 is 0 Å². The predicted molar refractivity (Wildman–Crippen MR) is 86.6 cm³/mol. The van der Waals surface area contributed by atoms with Gasteiger partial charge < -0.3 is 18.9 Å². The van der Waals surface area contributed by atoms with Gasteiger partial charge in [0.2, 0.25) is 12.6 Å². The van der Waals surface area contributed by atoms with Crippen molar-refractivity contribution in [3.05, 3.63) is 0 Å². The largest absolute Gasteiger partial charge is 0.347 e. The van der Waals surface area contributed by atoms with E-state index in [-0.39, 0.29) is 0 Å². The average molecular weight is 522 g/mol. The lowest BCUT2D eigenvalue weighted by atomic mass is 10.5. The molecule has 0 N–H and O–H groups in total. The van der Waals surface area contributed by atoms with Crippen molar-refractivity contribution in [1.82, 2.24) is 0 Å². The Morgan fingerprint density at radius 3 is 0.889 bits per heavy atom. The summed E-state index contributed by atoms with van der Waals surface area (Å²) >= 11 is 13.3. The molecule has 0 amide bonds. The Morgan fingerprint density at radius 1 is 0.500 bits per heavy atom. The quantitative estimate of drug-likeness (QED) is 0.275. The van der Waals surface area contributed by atoms with Gasteiger partial charge in [-0.25, -0.2) is 0 Å². The zero-order chi connectivity index (χ0) is 13.6. The molecule has 0 aliphatic rings. The van der Waals surface area contributed by atoms with E-state index >= 15 is 0 Å². The Morgan fingerprint density at radius 2 is 0.722 bits per heavy atom. The fourth-order valence-corrected chi connectivity index (χ4v) is 1.80. The van der Waals surface area contributed by atoms with Gasteiger partial charge in [0.1, 0.15) is 0 Å². The zero-order valence-corrected chi connectivity index (χ0v) is 16.3. The molecule has 0 spiro atoms. The molecule has 0 atom stereocenters. The van der Waals surface area contributed by atoms with Gasteiger partial charge in [-0.05, 0) is 0 Å². The Kier molecular flexibility index (Phi) is 16.6. The summed E-state index contributed by atoms with van der Waals surface area (Å²) in [4.78, 5) is 0. The number of halogens is 4. The van der Waals surface area contributed by atoms with Crippen LogP contribution >= 0.6 is 63.7 Å². The first-order chi connectivity index (χ1) is 8.79. The van der Waals surface area contributed by atoms with Gasteiger partial charge in [-0.3, -0.25) is 0 Å². The van der Waals surface area contributed by atoms with E-state index < -0.39 is 12.6 Å². The highest BCUT2D eigenvalue weighted by Crippen LogP contribution is 2.10. The Labute approximate surface area is 142 Å². The van der Waals surface area contributed by atoms with Gasteiger partial charge in [0.05, 0.1) is 26.4 Å². The maximum absolute atomic E-state index is 5.58. The van der Waals surface area contributed by atoms with Crippen molar-refractivity contribution >= 4 is 63.7 Å². The lowest BCUT2D eigenvalue weighted by Crippen LogP contribution is -2.38. The van der Waals surface area contributed by atoms with E-state index in [1.165, 1.54) is 0 Å². The number of ether oxygens (including phenoxy) is 4. The van der Waals surface area contributed by atoms with Crippen LogP contribution in [0.4, 0.5) is 0 Å². The van der Waals surface area contributed by atoms with Gasteiger partial charge in [-0.1, -0.05) is 63.7 Å². The molecule has 0 radical (unpaired) electrons. The van der Waals surface area contributed by atoms with E-state index in [0.29, 0.717) is 26.4 Å². The molecule has 0 heterocycles. The van der Waals surface area contributed by atoms with E-state index in [4.69, 9.17) is 18.9 Å². The molecule has 4 nitrogen and oxygen atoms in total. The van der Waals surface area contributed by atoms with Crippen LogP contribution in [-0.4, -0.2) is 60.3 Å². The smallest absolute Gasteiger partial charge is 0.209 e. The van der Waals surface area contributed by atoms with Crippen LogP contribution in [0.15, 0.2) is 0 Å². The van der Waals surface area contributed by atoms with Crippen molar-refractivity contribution in [3.63, 3.8) is 0 Å². The fraction of sp³-hybridized carbons (Fsp3) is 1.00. The first-order valence-corrected chi connectivity index (χ1v) is 9.99. The van der Waals surface area contributed by atoms with Crippen LogP contribution in [0.25, 0.3) is 0 Å². The van der Waals surface area contributed by atoms with Crippen molar-refractivity contribution in [2.24, 2.45) is 0 Å². The second-order valence-corrected chi connectivity index (χ2v) is 6.15. The standard InChI is InChI=1S/C10H18Br4O4/c11-1-5-15-9(16-6-2-12)10(17-7-3-13)18-8-4-14/h9-10H,1-8H2. The lowest BCUT2D eigenvalue weighted by molar-refractivity contribution is -0.280. The second-order valence-electron chi connectivity index (χ2n) is 2.98. The lowest BCUT2D eigenvalue weighted by Gasteiger charge is -2.26. The molecule has 0 rings (SSSR count). The third kappa shape index (κ3) is 10.5. The summed E-state index contributed by atoms with van der Waals surface area (Å²) in [5.74, 6) is 0. The van der Waals surface area contributed by atoms with Gasteiger partial charge in [-0.2, -0.15) is 0 Å². The minimum atomic E-state index is -0.516. The Hall–Kier alpha value is 1.76. The number of alkyl halides is 4. The van der Waals surface area contributed by atoms with E-state index in [1.54, 1.807) is 0 Å². The van der Waals surface area contributed by atoms with E-state index in [0.717, 1.165) is 21.3 Å². The van der Waals surface area contributed by atoms with Gasteiger partial charge in [0, 0.05) is 21.3 Å². The topological polar surface area (TPSA) is 36.9 Å². The van der Waals surface area contributed by atoms with Crippen LogP contribution in [0.5, 0.6) is 0 Å². The molecule has 0 saturated heterocycles. The van der Waals surface area contributed by atoms with Gasteiger partial charge in [0.25, 0.3) is 0 Å². The van der Waals surface area contributed by atoms with Crippen molar-refractivity contribution in [1.29, 1.82) is 0 Å². The molecule has 0 aromatic rings. The molecule has 110 valence electrons. The molecule has 0 bridgehead atoms. The summed E-state index contributed by atoms with van der Waals surface area (Å²) in [5, 5.41) is 2.96. The van der Waals surface area contributed by atoms with Crippen molar-refractivity contribution in [2.75, 3.05) is 47.7 Å². The summed E-state index contributed by atoms with van der Waals surface area (Å²) in [6, 6.07) is 0. The monoisotopic (exact) mass is 518 g/mol. The maximum Gasteiger partial charge on any atom is 0.209 e. The van der Waals surface area contributed by atoms with Crippen LogP contribution in [0, 0.1) is 0 Å². The van der Waals surface area contributed by atoms with Crippen molar-refractivity contribution < 1.29 is 18.9 Å². The molecular weight excluding hydrogens is 504 g/mol. The third-order valence-electron chi connectivity index (χ3n) is 1.66. The molecule has 0 saturated carbocycles. The number of rotatable bonds is 13. The highest BCUT2D eigenvalue weighted by atomic mass is 79.9. The zero-order valence-electron chi connectivity index (χ0n) is 9.96. The molecule has 0 aromatic carbocycles. The van der Waals surface area contributed by atoms with Crippen LogP contribution in [0.2, 0.25) is 0 Å². The summed E-state index contributed by atoms with van der Waals surface area (Å²) < 4.78 is 22.3. The molecule has 0 fully saturated rings. The maximum atomic E-state index is 5.58. The first-order valence-electron chi connectivity index (χ1n) is 5.50. The van der Waals surface area contributed by atoms with E-state index in [9.17, 15) is 0 Å². The molecule has 0 aliphatic carbocycles. The SMILES string of the molecule is BrCCOC(OCCBr)C(OCCBr)OCCBr. The predicted octanol–water partition coefficient (Wildman–Crippen LogP) is 3.28. The van der Waals surface area contributed by atoms with Crippen molar-refractivity contribution in [3.8, 4) is 0 Å². The van der Waals surface area contributed by atoms with Gasteiger partial charge >= 0.3 is 0 Å². The number of hydrogen-bond donors (Lipinski definition) is 0. The van der Waals surface area contributed by atoms with E-state index in [1.807, 2.05) is 0 Å². The highest BCUT2D eigenvalue weighted by molar-refractivity contribution is 9.09. The molecular formula is C10H18Br4O4. The minimum absolute atomic E-state index is 0.516. The van der Waals surface area contributed by atoms with Crippen molar-refractivity contribution in [2.45, 2.75) is 12.6 Å². The van der Waals surface area contributed by atoms with E-state index in [2.05, 4.69) is 63.7 Å². The molecule has 0 aromatic heterocycles. The number of hydrogen-bond acceptors (Lipinski definition) is 4. The van der Waals surface area contributed by atoms with Crippen LogP contribution in [-0.2, 0) is 18.9 Å². The van der Waals surface area contributed by atoms with Gasteiger partial charge in [0.15, 0.2) is 0 Å². The molecule has 0 unspecified atom stereocenters. The normalized spacial score (nSPS) is 11.7. The summed E-state index contributed by atoms with van der Waals surface area (Å²) in [6.45, 7) is 2.16. The molecule has 18 heavy (non-hydrogen) atoms. The Balaban J connectivity index is 4.27. The summed E-state index contributed by atoms with van der Waals surface area (Å²) in [5.41, 5.74) is 0. The van der Waals surface area contributed by atoms with Gasteiger partial charge in [-0.15, -0.1) is 0 Å². The first kappa shape index (κ1) is 19.8. The second kappa shape index (κ2) is 15.2. The summed E-state index contributed by atoms with van der Waals surface area (Å²) in [6.07, 6.45) is -1.03. The Bertz CT molecular complexity index is 142. The minimum Gasteiger partial charge on any atom is -0.347 e. The molecule has 0 aliphatic heterocycles. The van der Waals surface area contributed by atoms with Crippen LogP contribution in [0.1, 0.15) is 0 Å².